The zero-order valence-corrected chi connectivity index (χ0v) is 52.1. The highest BCUT2D eigenvalue weighted by Crippen LogP contribution is 2.36. The van der Waals surface area contributed by atoms with Crippen LogP contribution in [0.1, 0.15) is 70.1 Å². The van der Waals surface area contributed by atoms with E-state index < -0.39 is 90.9 Å². The van der Waals surface area contributed by atoms with Crippen LogP contribution in [0.3, 0.4) is 0 Å². The Morgan fingerprint density at radius 3 is 2.12 bits per heavy atom. The van der Waals surface area contributed by atoms with E-state index in [0.29, 0.717) is 80.5 Å². The van der Waals surface area contributed by atoms with E-state index in [4.69, 9.17) is 29.4 Å². The van der Waals surface area contributed by atoms with Gasteiger partial charge in [0.15, 0.2) is 11.3 Å². The number of nitrogens with one attached hydrogen (secondary N) is 5. The highest BCUT2D eigenvalue weighted by Gasteiger charge is 2.41. The van der Waals surface area contributed by atoms with Crippen molar-refractivity contribution in [1.29, 1.82) is 0 Å². The molecule has 0 aliphatic carbocycles. The van der Waals surface area contributed by atoms with Crippen molar-refractivity contribution in [2.24, 2.45) is 17.6 Å². The van der Waals surface area contributed by atoms with Gasteiger partial charge < -0.3 is 75.6 Å². The molecule has 0 saturated carbocycles. The number of rotatable bonds is 33. The summed E-state index contributed by atoms with van der Waals surface area (Å²) >= 11 is 3.06. The molecule has 89 heavy (non-hydrogen) atoms. The monoisotopic (exact) mass is 1320 g/mol. The van der Waals surface area contributed by atoms with Crippen LogP contribution in [0, 0.1) is 11.8 Å². The second kappa shape index (κ2) is 34.3. The molecule has 2 aliphatic rings. The van der Waals surface area contributed by atoms with Crippen molar-refractivity contribution >= 4 is 92.0 Å². The van der Waals surface area contributed by atoms with Crippen molar-refractivity contribution in [3.05, 3.63) is 60.2 Å². The number of urea groups is 1. The number of likely N-dealkylation sites (tertiary alicyclic amines) is 2. The lowest BCUT2D eigenvalue weighted by Crippen LogP contribution is -2.57. The fourth-order valence-electron chi connectivity index (χ4n) is 10.1. The summed E-state index contributed by atoms with van der Waals surface area (Å²) in [5.74, 6) is -4.10. The first-order valence-corrected chi connectivity index (χ1v) is 30.4. The Morgan fingerprint density at radius 1 is 0.820 bits per heavy atom. The number of benzene rings is 1. The van der Waals surface area contributed by atoms with E-state index in [2.05, 4.69) is 47.2 Å². The van der Waals surface area contributed by atoms with Crippen molar-refractivity contribution in [2.45, 2.75) is 89.7 Å². The molecule has 0 radical (unpaired) electrons. The number of aromatic nitrogens is 4. The third-order valence-electron chi connectivity index (χ3n) is 14.9. The topological polar surface area (TPSA) is 334 Å². The number of fused-ring (bicyclic) bond motifs is 3. The van der Waals surface area contributed by atoms with Gasteiger partial charge in [0.2, 0.25) is 35.4 Å². The Labute approximate surface area is 520 Å². The summed E-state index contributed by atoms with van der Waals surface area (Å²) < 4.78 is 69.0. The predicted molar refractivity (Wildman–Crippen MR) is 319 cm³/mol. The second-order valence-corrected chi connectivity index (χ2v) is 22.3. The molecular formula is C57H80BrF3N14O14. The number of hydrogen-bond acceptors (Lipinski definition) is 16. The smallest absolute Gasteiger partial charge is 0.409 e. The molecule has 490 valence electrons. The molecule has 6 rings (SSSR count). The first-order chi connectivity index (χ1) is 42.5. The quantitative estimate of drug-likeness (QED) is 0.0295. The number of primary amides is 1. The molecule has 7 N–H and O–H groups in total. The minimum absolute atomic E-state index is 0.00830. The molecule has 10 amide bonds. The van der Waals surface area contributed by atoms with Gasteiger partial charge in [-0.25, -0.2) is 24.4 Å². The summed E-state index contributed by atoms with van der Waals surface area (Å²) in [5.41, 5.74) is 8.52. The average molecular weight is 1320 g/mol. The summed E-state index contributed by atoms with van der Waals surface area (Å²) in [6.07, 6.45) is 0.206. The second-order valence-electron chi connectivity index (χ2n) is 21.7. The van der Waals surface area contributed by atoms with Crippen molar-refractivity contribution < 1.29 is 80.0 Å². The Kier molecular flexibility index (Phi) is 27.2. The maximum atomic E-state index is 13.9. The molecule has 2 saturated heterocycles. The molecule has 4 aromatic rings. The summed E-state index contributed by atoms with van der Waals surface area (Å²) in [7, 11) is 3.09. The van der Waals surface area contributed by atoms with E-state index in [9.17, 15) is 56.3 Å². The van der Waals surface area contributed by atoms with Crippen LogP contribution >= 0.6 is 15.9 Å². The zero-order chi connectivity index (χ0) is 64.8. The Balaban J connectivity index is 0.908. The van der Waals surface area contributed by atoms with Crippen molar-refractivity contribution in [3.8, 4) is 0 Å². The average Bonchev–Trinajstić information content (AvgIpc) is 2.03. The highest BCUT2D eigenvalue weighted by molar-refractivity contribution is 9.09. The number of likely N-dealkylation sites (N-methyl/N-ethyl adjacent to an activating group) is 2. The van der Waals surface area contributed by atoms with Gasteiger partial charge in [-0.05, 0) is 48.4 Å². The molecule has 5 heterocycles. The minimum atomic E-state index is -4.55. The summed E-state index contributed by atoms with van der Waals surface area (Å²) in [4.78, 5) is 131. The van der Waals surface area contributed by atoms with E-state index in [-0.39, 0.29) is 95.1 Å². The third kappa shape index (κ3) is 21.0. The van der Waals surface area contributed by atoms with E-state index in [1.807, 2.05) is 16.6 Å². The van der Waals surface area contributed by atoms with Crippen LogP contribution in [0.15, 0.2) is 48.9 Å². The van der Waals surface area contributed by atoms with E-state index >= 15 is 0 Å². The molecule has 5 atom stereocenters. The summed E-state index contributed by atoms with van der Waals surface area (Å²) in [6, 6.07) is 3.55. The van der Waals surface area contributed by atoms with Crippen molar-refractivity contribution in [1.82, 2.24) is 59.8 Å². The summed E-state index contributed by atoms with van der Waals surface area (Å²) in [6.45, 7) is 7.15. The van der Waals surface area contributed by atoms with Gasteiger partial charge in [-0.15, -0.1) is 0 Å². The van der Waals surface area contributed by atoms with Crippen LogP contribution in [-0.2, 0) is 59.1 Å². The number of nitrogens with two attached hydrogens (primary N) is 1. The Bertz CT molecular complexity index is 3060. The van der Waals surface area contributed by atoms with Gasteiger partial charge in [0, 0.05) is 89.5 Å². The standard InChI is InChI=1S/C57H80BrF3N14O14/c1-6-38-32-72(54(82)66-35-57(59,60)61)33-40(38)44-30-64-46-31-65-50-42(75(44)46)13-17-74(50)55(83)70(4)18-19-71(5)56(84)89-34-37-9-11-39(12-10-37)67-52(80)49(36(2)3)69-51(79)43-8-7-16-73(43)53(81)41(28-45(62)76)68-47(77)14-20-85-22-24-87-26-27-88-25-23-86-21-15-63-48(78)29-58/h9-13,17,30-31,36,38,40-41,43,49H,6-8,14-16,18-29,32-35H2,1-5H3,(H2,62,76)(H,63,78)(H,66,82)(H,67,80)(H,68,77)(H,69,79)/t38-,40+,41+,43+,49+/m1/s1. The molecule has 32 heteroatoms. The molecule has 0 spiro atoms. The van der Waals surface area contributed by atoms with Crippen LogP contribution < -0.4 is 32.3 Å². The maximum Gasteiger partial charge on any atom is 0.409 e. The van der Waals surface area contributed by atoms with Crippen molar-refractivity contribution in [2.75, 3.05) is 123 Å². The number of hydrogen-bond donors (Lipinski definition) is 6. The van der Waals surface area contributed by atoms with Crippen molar-refractivity contribution in [3.63, 3.8) is 0 Å². The fraction of sp³-hybridized carbons (Fsp3) is 0.596. The molecule has 3 aromatic heterocycles. The van der Waals surface area contributed by atoms with Gasteiger partial charge in [-0.2, -0.15) is 13.2 Å². The normalized spacial score (nSPS) is 16.5. The van der Waals surface area contributed by atoms with Crippen LogP contribution in [0.5, 0.6) is 0 Å². The van der Waals surface area contributed by atoms with E-state index in [0.717, 1.165) is 5.69 Å². The number of imidazole rings is 1. The Hall–Kier alpha value is -7.68. The third-order valence-corrected chi connectivity index (χ3v) is 15.4. The number of nitrogens with zero attached hydrogens (tertiary/aromatic N) is 8. The molecule has 2 fully saturated rings. The van der Waals surface area contributed by atoms with Crippen LogP contribution in [-0.4, -0.2) is 235 Å². The maximum absolute atomic E-state index is 13.9. The number of ether oxygens (including phenoxy) is 5. The minimum Gasteiger partial charge on any atom is -0.445 e. The van der Waals surface area contributed by atoms with Gasteiger partial charge >= 0.3 is 24.3 Å². The lowest BCUT2D eigenvalue weighted by atomic mass is 9.91. The number of halogens is 4. The van der Waals surface area contributed by atoms with Gasteiger partial charge in [0.05, 0.1) is 76.3 Å². The van der Waals surface area contributed by atoms with Crippen LogP contribution in [0.4, 0.5) is 33.2 Å². The predicted octanol–water partition coefficient (Wildman–Crippen LogP) is 2.95. The zero-order valence-electron chi connectivity index (χ0n) is 50.5. The largest absolute Gasteiger partial charge is 0.445 e. The van der Waals surface area contributed by atoms with Gasteiger partial charge in [-0.1, -0.05) is 55.3 Å². The van der Waals surface area contributed by atoms with Crippen LogP contribution in [0.2, 0.25) is 0 Å². The van der Waals surface area contributed by atoms with Crippen LogP contribution in [0.25, 0.3) is 16.8 Å². The SMILES string of the molecule is CC[C@@H]1CN(C(=O)NCC(F)(F)F)C[C@@H]1c1cnc2cnc3c(ccn3C(=O)N(C)CCN(C)C(=O)OCc3ccc(NC(=O)[C@@H](NC(=O)[C@@H]4CCCN4C(=O)[C@H](CC(N)=O)NC(=O)CCOCCOCCOCCOCCNC(=O)CBr)C(C)C)cc3)n12. The molecule has 28 nitrogen and oxygen atoms in total. The molecular weight excluding hydrogens is 1240 g/mol. The van der Waals surface area contributed by atoms with Gasteiger partial charge in [0.1, 0.15) is 31.3 Å². The fourth-order valence-corrected chi connectivity index (χ4v) is 10.3. The number of alkyl halides is 4. The number of amides is 10. The number of carbonyl (C=O) groups excluding carboxylic acids is 9. The first kappa shape index (κ1) is 70.4. The Morgan fingerprint density at radius 2 is 1.48 bits per heavy atom. The molecule has 1 aromatic carbocycles. The lowest BCUT2D eigenvalue weighted by molar-refractivity contribution is -0.143. The highest BCUT2D eigenvalue weighted by atomic mass is 79.9. The first-order valence-electron chi connectivity index (χ1n) is 29.3. The number of carbonyl (C=O) groups is 9. The number of anilines is 1. The lowest BCUT2D eigenvalue weighted by Gasteiger charge is -2.30. The van der Waals surface area contributed by atoms with Gasteiger partial charge in [0.25, 0.3) is 0 Å². The van der Waals surface area contributed by atoms with Gasteiger partial charge in [-0.3, -0.25) is 37.7 Å². The summed E-state index contributed by atoms with van der Waals surface area (Å²) in [5, 5.41) is 13.0. The molecule has 2 aliphatic heterocycles. The molecule has 0 unspecified atom stereocenters. The van der Waals surface area contributed by atoms with E-state index in [1.165, 1.54) is 37.4 Å². The van der Waals surface area contributed by atoms with E-state index in [1.54, 1.807) is 63.6 Å². The molecule has 0 bridgehead atoms.